The Balaban J connectivity index is 3.69. The molecule has 0 saturated carbocycles. The Morgan fingerprint density at radius 1 is 1.12 bits per heavy atom. The predicted octanol–water partition coefficient (Wildman–Crippen LogP) is 4.74. The van der Waals surface area contributed by atoms with Crippen molar-refractivity contribution in [1.29, 1.82) is 0 Å². The minimum absolute atomic E-state index is 0.120. The van der Waals surface area contributed by atoms with Gasteiger partial charge in [-0.1, -0.05) is 15.9 Å². The van der Waals surface area contributed by atoms with Gasteiger partial charge in [-0.25, -0.2) is 14.8 Å². The van der Waals surface area contributed by atoms with Gasteiger partial charge in [-0.05, 0) is 57.9 Å². The van der Waals surface area contributed by atoms with E-state index in [4.69, 9.17) is 0 Å². The van der Waals surface area contributed by atoms with Crippen LogP contribution in [-0.2, 0) is 11.0 Å². The molecule has 1 N–H and O–H groups in total. The highest BCUT2D eigenvalue weighted by Crippen LogP contribution is 2.36. The first-order chi connectivity index (χ1) is 11.2. The molecule has 0 saturated heterocycles. The SMILES string of the molecule is Cc1cc(C(F)(F)F)cc(C)c1N(C(=O)CBr)N(C(=O)O)C(C)(C)C. The Bertz CT molecular complexity index is 661. The molecule has 0 atom stereocenters. The Kier molecular flexibility index (Phi) is 6.15. The van der Waals surface area contributed by atoms with E-state index >= 15 is 0 Å². The number of aryl methyl sites for hydroxylation is 2. The van der Waals surface area contributed by atoms with Gasteiger partial charge in [-0.3, -0.25) is 4.79 Å². The third-order valence-corrected chi connectivity index (χ3v) is 3.88. The topological polar surface area (TPSA) is 60.9 Å². The maximum Gasteiger partial charge on any atom is 0.427 e. The van der Waals surface area contributed by atoms with Gasteiger partial charge < -0.3 is 5.11 Å². The van der Waals surface area contributed by atoms with Gasteiger partial charge in [0.2, 0.25) is 0 Å². The molecule has 9 heteroatoms. The third-order valence-electron chi connectivity index (χ3n) is 3.40. The molecule has 1 rings (SSSR count). The minimum atomic E-state index is -4.53. The number of carbonyl (C=O) groups excluding carboxylic acids is 1. The lowest BCUT2D eigenvalue weighted by Crippen LogP contribution is -2.59. The number of alkyl halides is 4. The van der Waals surface area contributed by atoms with Crippen LogP contribution in [0.3, 0.4) is 0 Å². The molecule has 25 heavy (non-hydrogen) atoms. The summed E-state index contributed by atoms with van der Waals surface area (Å²) in [6, 6.07) is 1.80. The number of hydrogen-bond donors (Lipinski definition) is 1. The molecule has 0 fully saturated rings. The first kappa shape index (κ1) is 21.3. The largest absolute Gasteiger partial charge is 0.464 e. The van der Waals surface area contributed by atoms with Gasteiger partial charge in [0.05, 0.1) is 22.1 Å². The van der Waals surface area contributed by atoms with Crippen molar-refractivity contribution in [2.75, 3.05) is 10.3 Å². The van der Waals surface area contributed by atoms with Crippen LogP contribution in [0.1, 0.15) is 37.5 Å². The lowest BCUT2D eigenvalue weighted by atomic mass is 10.0. The summed E-state index contributed by atoms with van der Waals surface area (Å²) in [7, 11) is 0. The highest BCUT2D eigenvalue weighted by Gasteiger charge is 2.38. The standard InChI is InChI=1S/C16H20BrF3N2O3/c1-9-6-11(16(18,19)20)7-10(2)13(9)21(12(23)8-17)22(14(24)25)15(3,4)5/h6-7H,8H2,1-5H3,(H,24,25). The fourth-order valence-corrected chi connectivity index (χ4v) is 2.76. The number of rotatable bonds is 2. The lowest BCUT2D eigenvalue weighted by molar-refractivity contribution is -0.137. The summed E-state index contributed by atoms with van der Waals surface area (Å²) in [4.78, 5) is 24.2. The first-order valence-electron chi connectivity index (χ1n) is 7.32. The van der Waals surface area contributed by atoms with E-state index in [1.165, 1.54) is 13.8 Å². The molecule has 0 aliphatic carbocycles. The number of amides is 2. The summed E-state index contributed by atoms with van der Waals surface area (Å²) in [6.07, 6.45) is -5.92. The van der Waals surface area contributed by atoms with Crippen LogP contribution in [0.25, 0.3) is 0 Å². The van der Waals surface area contributed by atoms with Gasteiger partial charge in [-0.15, -0.1) is 0 Å². The van der Waals surface area contributed by atoms with E-state index < -0.39 is 29.3 Å². The number of hydrogen-bond acceptors (Lipinski definition) is 2. The normalized spacial score (nSPS) is 12.0. The first-order valence-corrected chi connectivity index (χ1v) is 8.44. The Labute approximate surface area is 152 Å². The highest BCUT2D eigenvalue weighted by atomic mass is 79.9. The number of carbonyl (C=O) groups is 2. The van der Waals surface area contributed by atoms with E-state index in [-0.39, 0.29) is 22.1 Å². The van der Waals surface area contributed by atoms with Crippen LogP contribution >= 0.6 is 15.9 Å². The lowest BCUT2D eigenvalue weighted by Gasteiger charge is -2.42. The molecule has 0 aromatic heterocycles. The molecule has 0 unspecified atom stereocenters. The highest BCUT2D eigenvalue weighted by molar-refractivity contribution is 9.09. The van der Waals surface area contributed by atoms with Gasteiger partial charge in [0.1, 0.15) is 0 Å². The van der Waals surface area contributed by atoms with E-state index in [0.29, 0.717) is 0 Å². The Morgan fingerprint density at radius 3 is 1.84 bits per heavy atom. The smallest absolute Gasteiger partial charge is 0.427 e. The molecule has 0 aliphatic heterocycles. The number of carboxylic acid groups (broad SMARTS) is 1. The summed E-state index contributed by atoms with van der Waals surface area (Å²) in [6.45, 7) is 7.59. The van der Waals surface area contributed by atoms with Crippen molar-refractivity contribution in [1.82, 2.24) is 5.01 Å². The van der Waals surface area contributed by atoms with Crippen molar-refractivity contribution in [3.63, 3.8) is 0 Å². The van der Waals surface area contributed by atoms with Crippen LogP contribution in [0.5, 0.6) is 0 Å². The summed E-state index contributed by atoms with van der Waals surface area (Å²) in [5, 5.41) is 11.1. The fourth-order valence-electron chi connectivity index (χ4n) is 2.52. The molecule has 0 bridgehead atoms. The van der Waals surface area contributed by atoms with Crippen LogP contribution in [0.4, 0.5) is 23.7 Å². The zero-order valence-corrected chi connectivity index (χ0v) is 16.1. The van der Waals surface area contributed by atoms with E-state index in [9.17, 15) is 27.9 Å². The van der Waals surface area contributed by atoms with Crippen molar-refractivity contribution >= 4 is 33.6 Å². The maximum absolute atomic E-state index is 13.0. The van der Waals surface area contributed by atoms with Gasteiger partial charge in [0.25, 0.3) is 5.91 Å². The van der Waals surface area contributed by atoms with Crippen molar-refractivity contribution in [2.45, 2.75) is 46.3 Å². The average Bonchev–Trinajstić information content (AvgIpc) is 2.41. The maximum atomic E-state index is 13.0. The molecule has 140 valence electrons. The zero-order valence-electron chi connectivity index (χ0n) is 14.5. The van der Waals surface area contributed by atoms with Crippen molar-refractivity contribution < 1.29 is 27.9 Å². The van der Waals surface area contributed by atoms with Crippen LogP contribution in [0.15, 0.2) is 12.1 Å². The predicted molar refractivity (Wildman–Crippen MR) is 91.8 cm³/mol. The molecule has 0 heterocycles. The second-order valence-electron chi connectivity index (χ2n) is 6.56. The van der Waals surface area contributed by atoms with Gasteiger partial charge in [0, 0.05) is 0 Å². The van der Waals surface area contributed by atoms with Crippen LogP contribution < -0.4 is 5.01 Å². The molecular formula is C16H20BrF3N2O3. The molecule has 0 spiro atoms. The number of halogens is 4. The Hall–Kier alpha value is -1.77. The van der Waals surface area contributed by atoms with Gasteiger partial charge in [-0.2, -0.15) is 13.2 Å². The monoisotopic (exact) mass is 424 g/mol. The average molecular weight is 425 g/mol. The summed E-state index contributed by atoms with van der Waals surface area (Å²) >= 11 is 3.00. The number of anilines is 1. The van der Waals surface area contributed by atoms with Gasteiger partial charge >= 0.3 is 12.3 Å². The van der Waals surface area contributed by atoms with Crippen molar-refractivity contribution in [3.05, 3.63) is 28.8 Å². The molecular weight excluding hydrogens is 405 g/mol. The van der Waals surface area contributed by atoms with Crippen LogP contribution in [0.2, 0.25) is 0 Å². The molecule has 0 radical (unpaired) electrons. The van der Waals surface area contributed by atoms with E-state index in [0.717, 1.165) is 22.2 Å². The van der Waals surface area contributed by atoms with Gasteiger partial charge in [0.15, 0.2) is 0 Å². The molecule has 1 aromatic rings. The molecule has 2 amide bonds. The second-order valence-corrected chi connectivity index (χ2v) is 7.12. The number of hydrazine groups is 1. The summed E-state index contributed by atoms with van der Waals surface area (Å²) in [5.41, 5.74) is -1.43. The minimum Gasteiger partial charge on any atom is -0.464 e. The molecule has 1 aromatic carbocycles. The fraction of sp³-hybridized carbons (Fsp3) is 0.500. The van der Waals surface area contributed by atoms with Crippen LogP contribution in [-0.4, -0.2) is 33.0 Å². The van der Waals surface area contributed by atoms with Crippen LogP contribution in [0, 0.1) is 13.8 Å². The van der Waals surface area contributed by atoms with E-state index in [1.54, 1.807) is 20.8 Å². The number of benzene rings is 1. The van der Waals surface area contributed by atoms with E-state index in [1.807, 2.05) is 0 Å². The molecule has 0 aliphatic rings. The van der Waals surface area contributed by atoms with E-state index in [2.05, 4.69) is 15.9 Å². The number of nitrogens with zero attached hydrogens (tertiary/aromatic N) is 2. The second kappa shape index (κ2) is 7.23. The summed E-state index contributed by atoms with van der Waals surface area (Å²) < 4.78 is 39.0. The molecule has 5 nitrogen and oxygen atoms in total. The van der Waals surface area contributed by atoms with Crippen molar-refractivity contribution in [3.8, 4) is 0 Å². The summed E-state index contributed by atoms with van der Waals surface area (Å²) in [5.74, 6) is -0.608. The Morgan fingerprint density at radius 2 is 1.56 bits per heavy atom. The quantitative estimate of drug-likeness (QED) is 0.550. The third kappa shape index (κ3) is 4.65. The zero-order chi connectivity index (χ0) is 19.7. The van der Waals surface area contributed by atoms with Crippen molar-refractivity contribution in [2.24, 2.45) is 0 Å².